The number of hydrogen-bond acceptors (Lipinski definition) is 7. The Morgan fingerprint density at radius 1 is 1.30 bits per heavy atom. The highest BCUT2D eigenvalue weighted by molar-refractivity contribution is 5.94. The molecule has 30 heavy (non-hydrogen) atoms. The van der Waals surface area contributed by atoms with Crippen molar-refractivity contribution < 1.29 is 9.90 Å². The molecule has 0 saturated carbocycles. The number of amides is 2. The minimum Gasteiger partial charge on any atom is -0.394 e. The number of carbonyl (C=O) groups excluding carboxylic acids is 1. The van der Waals surface area contributed by atoms with Crippen LogP contribution in [-0.4, -0.2) is 56.0 Å². The van der Waals surface area contributed by atoms with Crippen LogP contribution in [0.3, 0.4) is 0 Å². The van der Waals surface area contributed by atoms with Crippen molar-refractivity contribution in [2.45, 2.75) is 19.1 Å². The molecule has 2 aliphatic heterocycles. The fourth-order valence-corrected chi connectivity index (χ4v) is 3.96. The minimum atomic E-state index is -0.0913. The molecule has 10 heteroatoms. The quantitative estimate of drug-likeness (QED) is 0.594. The van der Waals surface area contributed by atoms with Gasteiger partial charge in [-0.3, -0.25) is 9.58 Å². The molecular formula is C20H22N8O2. The Kier molecular flexibility index (Phi) is 4.47. The fraction of sp³-hybridized carbons (Fsp3) is 0.300. The highest BCUT2D eigenvalue weighted by Gasteiger charge is 2.37. The van der Waals surface area contributed by atoms with Gasteiger partial charge in [-0.15, -0.1) is 0 Å². The van der Waals surface area contributed by atoms with Gasteiger partial charge in [0, 0.05) is 37.2 Å². The molecule has 154 valence electrons. The fourth-order valence-electron chi connectivity index (χ4n) is 3.96. The SMILES string of the molecule is CN1C(=O)N(C2CNc3ccccc32)Cc2cnc(Nc3cnn(CCO)c3)nc21. The molecule has 0 saturated heterocycles. The second-order valence-corrected chi connectivity index (χ2v) is 7.34. The maximum atomic E-state index is 13.1. The molecule has 10 nitrogen and oxygen atoms in total. The largest absolute Gasteiger partial charge is 0.394 e. The van der Waals surface area contributed by atoms with Crippen LogP contribution in [0, 0.1) is 0 Å². The first-order valence-corrected chi connectivity index (χ1v) is 9.77. The number of anilines is 4. The van der Waals surface area contributed by atoms with E-state index >= 15 is 0 Å². The molecule has 3 N–H and O–H groups in total. The molecule has 1 atom stereocenters. The van der Waals surface area contributed by atoms with E-state index in [2.05, 4.69) is 31.8 Å². The number of hydrogen-bond donors (Lipinski definition) is 3. The number of fused-ring (bicyclic) bond motifs is 2. The van der Waals surface area contributed by atoms with Crippen LogP contribution >= 0.6 is 0 Å². The molecule has 0 bridgehead atoms. The maximum absolute atomic E-state index is 13.1. The lowest BCUT2D eigenvalue weighted by molar-refractivity contribution is 0.179. The van der Waals surface area contributed by atoms with E-state index in [1.54, 1.807) is 35.2 Å². The van der Waals surface area contributed by atoms with Crippen LogP contribution in [0.2, 0.25) is 0 Å². The van der Waals surface area contributed by atoms with Gasteiger partial charge in [0.25, 0.3) is 0 Å². The standard InChI is InChI=1S/C20H22N8O2/c1-26-18-13(8-22-19(25-18)24-14-9-23-27(12-14)6-7-29)11-28(20(26)30)17-10-21-16-5-3-2-4-15(16)17/h2-5,8-9,12,17,21,29H,6-7,10-11H2,1H3,(H,22,24,25). The molecule has 0 aliphatic carbocycles. The van der Waals surface area contributed by atoms with Crippen molar-refractivity contribution in [3.8, 4) is 0 Å². The minimum absolute atomic E-state index is 0.0147. The van der Waals surface area contributed by atoms with Gasteiger partial charge in [-0.25, -0.2) is 9.78 Å². The summed E-state index contributed by atoms with van der Waals surface area (Å²) in [7, 11) is 1.73. The number of aliphatic hydroxyl groups excluding tert-OH is 1. The smallest absolute Gasteiger partial charge is 0.326 e. The van der Waals surface area contributed by atoms with Gasteiger partial charge in [0.15, 0.2) is 0 Å². The van der Waals surface area contributed by atoms with E-state index in [4.69, 9.17) is 5.11 Å². The molecule has 0 fully saturated rings. The number of para-hydroxylation sites is 1. The lowest BCUT2D eigenvalue weighted by atomic mass is 10.1. The summed E-state index contributed by atoms with van der Waals surface area (Å²) in [5.74, 6) is 0.981. The number of urea groups is 1. The topological polar surface area (TPSA) is 111 Å². The monoisotopic (exact) mass is 406 g/mol. The van der Waals surface area contributed by atoms with Gasteiger partial charge in [-0.05, 0) is 11.6 Å². The van der Waals surface area contributed by atoms with Crippen molar-refractivity contribution >= 4 is 29.2 Å². The normalized spacial score (nSPS) is 17.5. The summed E-state index contributed by atoms with van der Waals surface area (Å²) < 4.78 is 1.63. The molecule has 5 rings (SSSR count). The Morgan fingerprint density at radius 2 is 2.17 bits per heavy atom. The zero-order valence-electron chi connectivity index (χ0n) is 16.5. The molecule has 1 unspecified atom stereocenters. The highest BCUT2D eigenvalue weighted by atomic mass is 16.3. The number of carbonyl (C=O) groups is 1. The molecule has 4 heterocycles. The number of nitrogens with zero attached hydrogens (tertiary/aromatic N) is 6. The van der Waals surface area contributed by atoms with Crippen LogP contribution in [0.5, 0.6) is 0 Å². The Balaban J connectivity index is 1.39. The van der Waals surface area contributed by atoms with E-state index in [9.17, 15) is 4.79 Å². The first kappa shape index (κ1) is 18.4. The van der Waals surface area contributed by atoms with Crippen LogP contribution in [0.4, 0.5) is 27.9 Å². The van der Waals surface area contributed by atoms with Crippen LogP contribution in [0.1, 0.15) is 17.2 Å². The summed E-state index contributed by atoms with van der Waals surface area (Å²) in [5, 5.41) is 19.6. The van der Waals surface area contributed by atoms with Crippen LogP contribution in [0.25, 0.3) is 0 Å². The van der Waals surface area contributed by atoms with E-state index in [-0.39, 0.29) is 18.7 Å². The molecule has 2 aliphatic rings. The van der Waals surface area contributed by atoms with Gasteiger partial charge in [0.1, 0.15) is 5.82 Å². The highest BCUT2D eigenvalue weighted by Crippen LogP contribution is 2.38. The van der Waals surface area contributed by atoms with Gasteiger partial charge in [-0.2, -0.15) is 10.1 Å². The lowest BCUT2D eigenvalue weighted by Gasteiger charge is -2.37. The summed E-state index contributed by atoms with van der Waals surface area (Å²) in [6.45, 7) is 1.57. The molecule has 2 amide bonds. The zero-order valence-corrected chi connectivity index (χ0v) is 16.5. The van der Waals surface area contributed by atoms with Gasteiger partial charge in [0.2, 0.25) is 5.95 Å². The molecule has 3 aromatic rings. The average molecular weight is 406 g/mol. The number of aliphatic hydroxyl groups is 1. The summed E-state index contributed by atoms with van der Waals surface area (Å²) in [6.07, 6.45) is 5.16. The van der Waals surface area contributed by atoms with Crippen LogP contribution in [0.15, 0.2) is 42.9 Å². The third kappa shape index (κ3) is 3.11. The predicted molar refractivity (Wildman–Crippen MR) is 112 cm³/mol. The Morgan fingerprint density at radius 3 is 3.03 bits per heavy atom. The average Bonchev–Trinajstić information content (AvgIpc) is 3.38. The third-order valence-corrected chi connectivity index (χ3v) is 5.43. The molecule has 2 aromatic heterocycles. The maximum Gasteiger partial charge on any atom is 0.326 e. The van der Waals surface area contributed by atoms with Gasteiger partial charge < -0.3 is 20.6 Å². The van der Waals surface area contributed by atoms with Crippen molar-refractivity contribution in [1.29, 1.82) is 0 Å². The molecule has 1 aromatic carbocycles. The summed E-state index contributed by atoms with van der Waals surface area (Å²) >= 11 is 0. The number of rotatable bonds is 5. The lowest BCUT2D eigenvalue weighted by Crippen LogP contribution is -2.47. The summed E-state index contributed by atoms with van der Waals surface area (Å²) in [5.41, 5.74) is 3.80. The predicted octanol–water partition coefficient (Wildman–Crippen LogP) is 1.95. The second-order valence-electron chi connectivity index (χ2n) is 7.34. The van der Waals surface area contributed by atoms with Crippen molar-refractivity contribution in [1.82, 2.24) is 24.6 Å². The third-order valence-electron chi connectivity index (χ3n) is 5.43. The summed E-state index contributed by atoms with van der Waals surface area (Å²) in [4.78, 5) is 25.5. The zero-order chi connectivity index (χ0) is 20.7. The Labute approximate surface area is 173 Å². The second kappa shape index (κ2) is 7.30. The summed E-state index contributed by atoms with van der Waals surface area (Å²) in [6, 6.07) is 7.96. The Bertz CT molecular complexity index is 1100. The molecule has 0 radical (unpaired) electrons. The van der Waals surface area contributed by atoms with Crippen LogP contribution in [-0.2, 0) is 13.1 Å². The Hall–Kier alpha value is -3.66. The van der Waals surface area contributed by atoms with Crippen molar-refractivity contribution in [2.24, 2.45) is 0 Å². The van der Waals surface area contributed by atoms with Crippen molar-refractivity contribution in [3.63, 3.8) is 0 Å². The van der Waals surface area contributed by atoms with E-state index in [0.717, 1.165) is 16.8 Å². The van der Waals surface area contributed by atoms with Crippen molar-refractivity contribution in [2.75, 3.05) is 35.7 Å². The molecular weight excluding hydrogens is 384 g/mol. The van der Waals surface area contributed by atoms with E-state index < -0.39 is 0 Å². The molecule has 0 spiro atoms. The van der Waals surface area contributed by atoms with E-state index in [1.807, 2.05) is 23.1 Å². The number of benzene rings is 1. The van der Waals surface area contributed by atoms with Crippen LogP contribution < -0.4 is 15.5 Å². The first-order chi connectivity index (χ1) is 14.6. The number of aromatic nitrogens is 4. The first-order valence-electron chi connectivity index (χ1n) is 9.77. The van der Waals surface area contributed by atoms with Gasteiger partial charge >= 0.3 is 6.03 Å². The van der Waals surface area contributed by atoms with Gasteiger partial charge in [-0.1, -0.05) is 18.2 Å². The number of nitrogens with one attached hydrogen (secondary N) is 2. The van der Waals surface area contributed by atoms with E-state index in [1.165, 1.54) is 0 Å². The van der Waals surface area contributed by atoms with Crippen molar-refractivity contribution in [3.05, 3.63) is 54.0 Å². The van der Waals surface area contributed by atoms with E-state index in [0.29, 0.717) is 37.1 Å². The van der Waals surface area contributed by atoms with Gasteiger partial charge in [0.05, 0.1) is 37.6 Å².